The van der Waals surface area contributed by atoms with Gasteiger partial charge in [0.1, 0.15) is 5.82 Å². The van der Waals surface area contributed by atoms with Crippen LogP contribution in [0, 0.1) is 12.7 Å². The Morgan fingerprint density at radius 3 is 2.25 bits per heavy atom. The van der Waals surface area contributed by atoms with Gasteiger partial charge in [0.2, 0.25) is 10.0 Å². The minimum Gasteiger partial charge on any atom is -0.207 e. The Labute approximate surface area is 144 Å². The number of sulfonamides is 1. The van der Waals surface area contributed by atoms with Crippen LogP contribution in [0.3, 0.4) is 0 Å². The molecule has 124 valence electrons. The van der Waals surface area contributed by atoms with Gasteiger partial charge in [0.15, 0.2) is 0 Å². The van der Waals surface area contributed by atoms with E-state index in [0.717, 1.165) is 28.1 Å². The molecule has 0 aliphatic heterocycles. The van der Waals surface area contributed by atoms with E-state index in [1.54, 1.807) is 0 Å². The van der Waals surface area contributed by atoms with Crippen LogP contribution in [0.15, 0.2) is 70.9 Å². The maximum Gasteiger partial charge on any atom is 0.241 e. The van der Waals surface area contributed by atoms with Gasteiger partial charge in [-0.3, -0.25) is 0 Å². The third-order valence-corrected chi connectivity index (χ3v) is 6.01. The average molecular weight is 361 g/mol. The van der Waals surface area contributed by atoms with Crippen molar-refractivity contribution in [3.63, 3.8) is 0 Å². The predicted molar refractivity (Wildman–Crippen MR) is 94.1 cm³/mol. The molecule has 1 aromatic heterocycles. The van der Waals surface area contributed by atoms with Crippen molar-refractivity contribution in [2.24, 2.45) is 0 Å². The first kappa shape index (κ1) is 16.8. The highest BCUT2D eigenvalue weighted by molar-refractivity contribution is 7.89. The number of hydrogen-bond donors (Lipinski definition) is 1. The van der Waals surface area contributed by atoms with Gasteiger partial charge >= 0.3 is 0 Å². The summed E-state index contributed by atoms with van der Waals surface area (Å²) in [4.78, 5) is 0.933. The molecule has 0 aliphatic rings. The highest BCUT2D eigenvalue weighted by Crippen LogP contribution is 2.28. The van der Waals surface area contributed by atoms with E-state index in [9.17, 15) is 12.8 Å². The Kier molecular flexibility index (Phi) is 4.80. The fourth-order valence-electron chi connectivity index (χ4n) is 2.34. The summed E-state index contributed by atoms with van der Waals surface area (Å²) in [5, 5.41) is 1.91. The van der Waals surface area contributed by atoms with Crippen LogP contribution < -0.4 is 4.72 Å². The molecule has 0 amide bonds. The van der Waals surface area contributed by atoms with Crippen molar-refractivity contribution in [1.82, 2.24) is 4.72 Å². The molecular formula is C18H16FNO2S2. The fourth-order valence-corrected chi connectivity index (χ4v) is 4.42. The number of halogens is 1. The Bertz CT molecular complexity index is 903. The molecule has 1 unspecified atom stereocenters. The van der Waals surface area contributed by atoms with E-state index >= 15 is 0 Å². The van der Waals surface area contributed by atoms with Crippen molar-refractivity contribution < 1.29 is 12.8 Å². The van der Waals surface area contributed by atoms with Crippen molar-refractivity contribution in [3.8, 4) is 0 Å². The van der Waals surface area contributed by atoms with E-state index in [0.29, 0.717) is 0 Å². The number of thiophene rings is 1. The molecule has 6 heteroatoms. The lowest BCUT2D eigenvalue weighted by atomic mass is 10.0. The predicted octanol–water partition coefficient (Wildman–Crippen LogP) is 4.26. The topological polar surface area (TPSA) is 46.2 Å². The van der Waals surface area contributed by atoms with E-state index in [1.807, 2.05) is 48.7 Å². The van der Waals surface area contributed by atoms with Gasteiger partial charge in [-0.25, -0.2) is 12.8 Å². The van der Waals surface area contributed by atoms with Gasteiger partial charge in [-0.15, -0.1) is 11.3 Å². The average Bonchev–Trinajstić information content (AvgIpc) is 3.08. The van der Waals surface area contributed by atoms with E-state index in [2.05, 4.69) is 4.72 Å². The Balaban J connectivity index is 1.97. The van der Waals surface area contributed by atoms with Gasteiger partial charge in [0.05, 0.1) is 10.9 Å². The fraction of sp³-hybridized carbons (Fsp3) is 0.111. The molecule has 0 radical (unpaired) electrons. The van der Waals surface area contributed by atoms with Crippen LogP contribution in [0.25, 0.3) is 0 Å². The minimum atomic E-state index is -3.77. The van der Waals surface area contributed by atoms with Gasteiger partial charge in [0.25, 0.3) is 0 Å². The summed E-state index contributed by atoms with van der Waals surface area (Å²) in [6.07, 6.45) is 0. The molecule has 0 spiro atoms. The standard InChI is InChI=1S/C18H16FNO2S2/c1-13-4-6-14(7-5-13)18(17-3-2-12-23-17)20-24(21,22)16-10-8-15(19)9-11-16/h2-12,18,20H,1H3. The summed E-state index contributed by atoms with van der Waals surface area (Å²) < 4.78 is 41.1. The normalized spacial score (nSPS) is 12.9. The largest absolute Gasteiger partial charge is 0.241 e. The second-order valence-electron chi connectivity index (χ2n) is 5.43. The monoisotopic (exact) mass is 361 g/mol. The lowest BCUT2D eigenvalue weighted by molar-refractivity contribution is 0.572. The first-order valence-corrected chi connectivity index (χ1v) is 9.70. The first-order valence-electron chi connectivity index (χ1n) is 7.33. The van der Waals surface area contributed by atoms with Crippen LogP contribution in [0.2, 0.25) is 0 Å². The molecule has 0 fully saturated rings. The van der Waals surface area contributed by atoms with Crippen LogP contribution in [0.1, 0.15) is 22.0 Å². The lowest BCUT2D eigenvalue weighted by Gasteiger charge is -2.18. The number of aryl methyl sites for hydroxylation is 1. The van der Waals surface area contributed by atoms with Gasteiger partial charge in [0, 0.05) is 4.88 Å². The van der Waals surface area contributed by atoms with Crippen LogP contribution >= 0.6 is 11.3 Å². The molecule has 0 saturated carbocycles. The van der Waals surface area contributed by atoms with E-state index in [-0.39, 0.29) is 4.90 Å². The third-order valence-electron chi connectivity index (χ3n) is 3.64. The smallest absolute Gasteiger partial charge is 0.207 e. The van der Waals surface area contributed by atoms with E-state index in [4.69, 9.17) is 0 Å². The number of hydrogen-bond acceptors (Lipinski definition) is 3. The van der Waals surface area contributed by atoms with Crippen molar-refractivity contribution in [3.05, 3.63) is 87.9 Å². The molecule has 1 heterocycles. The highest BCUT2D eigenvalue weighted by atomic mass is 32.2. The molecule has 3 nitrogen and oxygen atoms in total. The third kappa shape index (κ3) is 3.72. The van der Waals surface area contributed by atoms with Crippen LogP contribution in [0.4, 0.5) is 4.39 Å². The zero-order valence-corrected chi connectivity index (χ0v) is 14.6. The van der Waals surface area contributed by atoms with Gasteiger partial charge in [-0.2, -0.15) is 4.72 Å². The van der Waals surface area contributed by atoms with E-state index < -0.39 is 21.9 Å². The number of nitrogens with one attached hydrogen (secondary N) is 1. The Morgan fingerprint density at radius 1 is 1.00 bits per heavy atom. The Morgan fingerprint density at radius 2 is 1.67 bits per heavy atom. The summed E-state index contributed by atoms with van der Waals surface area (Å²) in [5.74, 6) is -0.470. The number of rotatable bonds is 5. The maximum absolute atomic E-state index is 13.0. The summed E-state index contributed by atoms with van der Waals surface area (Å²) in [6.45, 7) is 1.98. The van der Waals surface area contributed by atoms with Gasteiger partial charge in [-0.05, 0) is 48.2 Å². The first-order chi connectivity index (χ1) is 11.5. The zero-order chi connectivity index (χ0) is 17.2. The molecule has 0 aliphatic carbocycles. The van der Waals surface area contributed by atoms with Crippen molar-refractivity contribution >= 4 is 21.4 Å². The lowest BCUT2D eigenvalue weighted by Crippen LogP contribution is -2.29. The van der Waals surface area contributed by atoms with Crippen LogP contribution in [-0.4, -0.2) is 8.42 Å². The second-order valence-corrected chi connectivity index (χ2v) is 8.13. The minimum absolute atomic E-state index is 0.0394. The maximum atomic E-state index is 13.0. The molecule has 1 atom stereocenters. The van der Waals surface area contributed by atoms with Crippen molar-refractivity contribution in [2.75, 3.05) is 0 Å². The number of benzene rings is 2. The zero-order valence-electron chi connectivity index (χ0n) is 12.9. The molecule has 3 rings (SSSR count). The second kappa shape index (κ2) is 6.84. The molecule has 1 N–H and O–H groups in total. The Hall–Kier alpha value is -2.02. The quantitative estimate of drug-likeness (QED) is 0.738. The molecule has 0 saturated heterocycles. The SMILES string of the molecule is Cc1ccc(C(NS(=O)(=O)c2ccc(F)cc2)c2cccs2)cc1. The van der Waals surface area contributed by atoms with Gasteiger partial charge in [-0.1, -0.05) is 35.9 Å². The summed E-state index contributed by atoms with van der Waals surface area (Å²) >= 11 is 1.48. The van der Waals surface area contributed by atoms with Crippen molar-refractivity contribution in [2.45, 2.75) is 17.9 Å². The molecule has 24 heavy (non-hydrogen) atoms. The van der Waals surface area contributed by atoms with Crippen LogP contribution in [0.5, 0.6) is 0 Å². The molecule has 3 aromatic rings. The van der Waals surface area contributed by atoms with Crippen molar-refractivity contribution in [1.29, 1.82) is 0 Å². The molecule has 2 aromatic carbocycles. The molecule has 0 bridgehead atoms. The summed E-state index contributed by atoms with van der Waals surface area (Å²) in [5.41, 5.74) is 1.96. The van der Waals surface area contributed by atoms with E-state index in [1.165, 1.54) is 23.5 Å². The van der Waals surface area contributed by atoms with Crippen LogP contribution in [-0.2, 0) is 10.0 Å². The summed E-state index contributed by atoms with van der Waals surface area (Å²) in [6, 6.07) is 15.8. The van der Waals surface area contributed by atoms with Gasteiger partial charge < -0.3 is 0 Å². The highest BCUT2D eigenvalue weighted by Gasteiger charge is 2.23. The summed E-state index contributed by atoms with van der Waals surface area (Å²) in [7, 11) is -3.77. The molecular weight excluding hydrogens is 345 g/mol.